The van der Waals surface area contributed by atoms with E-state index in [-0.39, 0.29) is 5.91 Å². The smallest absolute Gasteiger partial charge is 0.242 e. The van der Waals surface area contributed by atoms with Gasteiger partial charge in [0.05, 0.1) is 0 Å². The van der Waals surface area contributed by atoms with Crippen molar-refractivity contribution in [3.8, 4) is 0 Å². The van der Waals surface area contributed by atoms with Crippen molar-refractivity contribution < 1.29 is 4.79 Å². The predicted molar refractivity (Wildman–Crippen MR) is 71.1 cm³/mol. The maximum Gasteiger partial charge on any atom is 0.242 e. The molecule has 1 heterocycles. The summed E-state index contributed by atoms with van der Waals surface area (Å²) in [5.41, 5.74) is 2.31. The van der Waals surface area contributed by atoms with Crippen molar-refractivity contribution in [1.82, 2.24) is 9.47 Å². The first-order valence-corrected chi connectivity index (χ1v) is 6.50. The zero-order valence-electron chi connectivity index (χ0n) is 11.5. The Balaban J connectivity index is 2.69. The summed E-state index contributed by atoms with van der Waals surface area (Å²) in [4.78, 5) is 14.2. The zero-order chi connectivity index (χ0) is 12.8. The second-order valence-corrected chi connectivity index (χ2v) is 4.58. The number of aryl methyl sites for hydroxylation is 2. The van der Waals surface area contributed by atoms with Crippen molar-refractivity contribution in [2.45, 2.75) is 47.1 Å². The highest BCUT2D eigenvalue weighted by molar-refractivity contribution is 5.76. The summed E-state index contributed by atoms with van der Waals surface area (Å²) in [5, 5.41) is 0. The number of rotatable bonds is 6. The van der Waals surface area contributed by atoms with Gasteiger partial charge in [-0.05, 0) is 38.8 Å². The van der Waals surface area contributed by atoms with Gasteiger partial charge in [0.2, 0.25) is 5.91 Å². The number of nitrogens with zero attached hydrogens (tertiary/aromatic N) is 2. The fraction of sp³-hybridized carbons (Fsp3) is 0.643. The quantitative estimate of drug-likeness (QED) is 0.745. The molecule has 0 aliphatic carbocycles. The lowest BCUT2D eigenvalue weighted by Crippen LogP contribution is -2.35. The molecule has 0 atom stereocenters. The van der Waals surface area contributed by atoms with Crippen molar-refractivity contribution in [3.05, 3.63) is 23.5 Å². The Bertz CT molecular complexity index is 343. The predicted octanol–water partition coefficient (Wildman–Crippen LogP) is 2.75. The van der Waals surface area contributed by atoms with Crippen LogP contribution in [-0.4, -0.2) is 28.5 Å². The van der Waals surface area contributed by atoms with Gasteiger partial charge in [-0.15, -0.1) is 0 Å². The molecule has 96 valence electrons. The SMILES string of the molecule is CCCN(CCC)C(=O)Cn1c(C)ccc1C. The van der Waals surface area contributed by atoms with E-state index in [2.05, 4.69) is 30.5 Å². The summed E-state index contributed by atoms with van der Waals surface area (Å²) in [5.74, 6) is 0.232. The Hall–Kier alpha value is -1.25. The Morgan fingerprint density at radius 2 is 1.59 bits per heavy atom. The van der Waals surface area contributed by atoms with Crippen LogP contribution in [0.25, 0.3) is 0 Å². The summed E-state index contributed by atoms with van der Waals surface area (Å²) in [6, 6.07) is 4.12. The third kappa shape index (κ3) is 3.62. The van der Waals surface area contributed by atoms with Crippen LogP contribution in [0.1, 0.15) is 38.1 Å². The molecule has 17 heavy (non-hydrogen) atoms. The van der Waals surface area contributed by atoms with Crippen LogP contribution in [0.4, 0.5) is 0 Å². The molecule has 1 rings (SSSR count). The molecule has 0 radical (unpaired) electrons. The Morgan fingerprint density at radius 3 is 2.00 bits per heavy atom. The lowest BCUT2D eigenvalue weighted by molar-refractivity contribution is -0.132. The van der Waals surface area contributed by atoms with Crippen LogP contribution in [-0.2, 0) is 11.3 Å². The second kappa shape index (κ2) is 6.48. The average Bonchev–Trinajstić information content (AvgIpc) is 2.60. The minimum Gasteiger partial charge on any atom is -0.341 e. The summed E-state index contributed by atoms with van der Waals surface area (Å²) < 4.78 is 2.08. The first kappa shape index (κ1) is 13.8. The number of amides is 1. The number of hydrogen-bond acceptors (Lipinski definition) is 1. The average molecular weight is 236 g/mol. The maximum absolute atomic E-state index is 12.2. The first-order chi connectivity index (χ1) is 8.10. The van der Waals surface area contributed by atoms with Gasteiger partial charge in [-0.2, -0.15) is 0 Å². The summed E-state index contributed by atoms with van der Waals surface area (Å²) >= 11 is 0. The van der Waals surface area contributed by atoms with Gasteiger partial charge in [-0.1, -0.05) is 13.8 Å². The highest BCUT2D eigenvalue weighted by Gasteiger charge is 2.13. The van der Waals surface area contributed by atoms with E-state index in [1.807, 2.05) is 18.7 Å². The van der Waals surface area contributed by atoms with E-state index in [1.54, 1.807) is 0 Å². The summed E-state index contributed by atoms with van der Waals surface area (Å²) in [6.07, 6.45) is 2.05. The molecule has 0 spiro atoms. The minimum absolute atomic E-state index is 0.232. The molecule has 0 saturated heterocycles. The van der Waals surface area contributed by atoms with Gasteiger partial charge in [0.15, 0.2) is 0 Å². The molecule has 0 saturated carbocycles. The fourth-order valence-electron chi connectivity index (χ4n) is 2.09. The first-order valence-electron chi connectivity index (χ1n) is 6.50. The number of aromatic nitrogens is 1. The molecule has 0 fully saturated rings. The van der Waals surface area contributed by atoms with E-state index >= 15 is 0 Å². The minimum atomic E-state index is 0.232. The van der Waals surface area contributed by atoms with Crippen LogP contribution in [0.15, 0.2) is 12.1 Å². The Kier molecular flexibility index (Phi) is 5.26. The van der Waals surface area contributed by atoms with E-state index < -0.39 is 0 Å². The topological polar surface area (TPSA) is 25.2 Å². The molecule has 0 bridgehead atoms. The van der Waals surface area contributed by atoms with Crippen LogP contribution < -0.4 is 0 Å². The standard InChI is InChI=1S/C14H24N2O/c1-5-9-15(10-6-2)14(17)11-16-12(3)7-8-13(16)4/h7-8H,5-6,9-11H2,1-4H3. The van der Waals surface area contributed by atoms with Crippen molar-refractivity contribution in [3.63, 3.8) is 0 Å². The maximum atomic E-state index is 12.2. The molecular formula is C14H24N2O. The van der Waals surface area contributed by atoms with Gasteiger partial charge in [0.1, 0.15) is 6.54 Å². The second-order valence-electron chi connectivity index (χ2n) is 4.58. The van der Waals surface area contributed by atoms with E-state index in [0.717, 1.165) is 37.3 Å². The van der Waals surface area contributed by atoms with Gasteiger partial charge in [0.25, 0.3) is 0 Å². The van der Waals surface area contributed by atoms with Crippen molar-refractivity contribution in [2.75, 3.05) is 13.1 Å². The van der Waals surface area contributed by atoms with Crippen LogP contribution in [0.2, 0.25) is 0 Å². The molecule has 1 amide bonds. The van der Waals surface area contributed by atoms with Gasteiger partial charge in [-0.25, -0.2) is 0 Å². The van der Waals surface area contributed by atoms with Crippen molar-refractivity contribution in [1.29, 1.82) is 0 Å². The molecule has 0 aromatic carbocycles. The summed E-state index contributed by atoms with van der Waals surface area (Å²) in [6.45, 7) is 10.5. The number of carbonyl (C=O) groups excluding carboxylic acids is 1. The van der Waals surface area contributed by atoms with Crippen LogP contribution in [0.3, 0.4) is 0 Å². The molecule has 0 N–H and O–H groups in total. The molecular weight excluding hydrogens is 212 g/mol. The van der Waals surface area contributed by atoms with E-state index in [4.69, 9.17) is 0 Å². The number of carbonyl (C=O) groups is 1. The monoisotopic (exact) mass is 236 g/mol. The zero-order valence-corrected chi connectivity index (χ0v) is 11.5. The van der Waals surface area contributed by atoms with Gasteiger partial charge < -0.3 is 9.47 Å². The highest BCUT2D eigenvalue weighted by Crippen LogP contribution is 2.08. The van der Waals surface area contributed by atoms with Crippen LogP contribution >= 0.6 is 0 Å². The largest absolute Gasteiger partial charge is 0.341 e. The van der Waals surface area contributed by atoms with Crippen molar-refractivity contribution >= 4 is 5.91 Å². The normalized spacial score (nSPS) is 10.6. The van der Waals surface area contributed by atoms with Crippen LogP contribution in [0.5, 0.6) is 0 Å². The van der Waals surface area contributed by atoms with E-state index in [1.165, 1.54) is 0 Å². The van der Waals surface area contributed by atoms with Gasteiger partial charge in [0, 0.05) is 24.5 Å². The lowest BCUT2D eigenvalue weighted by Gasteiger charge is -2.22. The third-order valence-electron chi connectivity index (χ3n) is 3.05. The fourth-order valence-corrected chi connectivity index (χ4v) is 2.09. The van der Waals surface area contributed by atoms with E-state index in [0.29, 0.717) is 6.54 Å². The molecule has 1 aromatic rings. The number of hydrogen-bond donors (Lipinski definition) is 0. The molecule has 0 aliphatic heterocycles. The highest BCUT2D eigenvalue weighted by atomic mass is 16.2. The van der Waals surface area contributed by atoms with E-state index in [9.17, 15) is 4.79 Å². The van der Waals surface area contributed by atoms with Crippen LogP contribution in [0, 0.1) is 13.8 Å². The van der Waals surface area contributed by atoms with Gasteiger partial charge in [-0.3, -0.25) is 4.79 Å². The van der Waals surface area contributed by atoms with Crippen molar-refractivity contribution in [2.24, 2.45) is 0 Å². The molecule has 1 aromatic heterocycles. The lowest BCUT2D eigenvalue weighted by atomic mass is 10.3. The Labute approximate surface area is 104 Å². The molecule has 0 aliphatic rings. The molecule has 3 nitrogen and oxygen atoms in total. The van der Waals surface area contributed by atoms with Gasteiger partial charge >= 0.3 is 0 Å². The summed E-state index contributed by atoms with van der Waals surface area (Å²) in [7, 11) is 0. The molecule has 0 unspecified atom stereocenters. The molecule has 3 heteroatoms. The Morgan fingerprint density at radius 1 is 1.12 bits per heavy atom. The third-order valence-corrected chi connectivity index (χ3v) is 3.05.